The number of halogens is 1. The minimum absolute atomic E-state index is 0.306. The molecule has 7 nitrogen and oxygen atoms in total. The van der Waals surface area contributed by atoms with E-state index in [1.54, 1.807) is 67.6 Å². The highest BCUT2D eigenvalue weighted by Crippen LogP contribution is 2.27. The normalized spacial score (nSPS) is 11.2. The Morgan fingerprint density at radius 3 is 2.22 bits per heavy atom. The van der Waals surface area contributed by atoms with Crippen molar-refractivity contribution < 1.29 is 23.8 Å². The maximum absolute atomic E-state index is 12.5. The molecule has 0 aliphatic carbocycles. The summed E-state index contributed by atoms with van der Waals surface area (Å²) in [6.45, 7) is 1.64. The van der Waals surface area contributed by atoms with Crippen LogP contribution in [0.4, 0.5) is 11.4 Å². The largest absolute Gasteiger partial charge is 0.495 e. The summed E-state index contributed by atoms with van der Waals surface area (Å²) in [6.07, 6.45) is -0.763. The predicted molar refractivity (Wildman–Crippen MR) is 124 cm³/mol. The zero-order valence-electron chi connectivity index (χ0n) is 17.8. The molecule has 0 aliphatic rings. The molecule has 32 heavy (non-hydrogen) atoms. The van der Waals surface area contributed by atoms with E-state index >= 15 is 0 Å². The van der Waals surface area contributed by atoms with Crippen LogP contribution < -0.4 is 24.8 Å². The van der Waals surface area contributed by atoms with Crippen molar-refractivity contribution in [1.29, 1.82) is 0 Å². The van der Waals surface area contributed by atoms with Crippen molar-refractivity contribution in [3.8, 4) is 17.2 Å². The quantitative estimate of drug-likeness (QED) is 0.499. The predicted octanol–water partition coefficient (Wildman–Crippen LogP) is 5.02. The molecule has 0 heterocycles. The third-order valence-corrected chi connectivity index (χ3v) is 4.87. The van der Waals surface area contributed by atoms with Gasteiger partial charge in [-0.05, 0) is 61.5 Å². The zero-order chi connectivity index (χ0) is 23.1. The first kappa shape index (κ1) is 23.0. The monoisotopic (exact) mass is 454 g/mol. The average Bonchev–Trinajstić information content (AvgIpc) is 2.80. The first-order chi connectivity index (χ1) is 15.4. The van der Waals surface area contributed by atoms with E-state index in [4.69, 9.17) is 25.8 Å². The van der Waals surface area contributed by atoms with Crippen molar-refractivity contribution >= 4 is 34.8 Å². The van der Waals surface area contributed by atoms with Crippen LogP contribution in [0.3, 0.4) is 0 Å². The molecule has 0 bridgehead atoms. The van der Waals surface area contributed by atoms with Gasteiger partial charge in [-0.2, -0.15) is 0 Å². The van der Waals surface area contributed by atoms with Crippen molar-refractivity contribution in [3.05, 3.63) is 77.3 Å². The van der Waals surface area contributed by atoms with Gasteiger partial charge in [0.05, 0.1) is 24.9 Å². The Morgan fingerprint density at radius 2 is 1.56 bits per heavy atom. The molecule has 0 saturated carbocycles. The zero-order valence-corrected chi connectivity index (χ0v) is 18.6. The van der Waals surface area contributed by atoms with Gasteiger partial charge in [-0.15, -0.1) is 0 Å². The minimum atomic E-state index is -0.763. The van der Waals surface area contributed by atoms with E-state index in [2.05, 4.69) is 10.6 Å². The van der Waals surface area contributed by atoms with Crippen LogP contribution in [0, 0.1) is 0 Å². The Labute approximate surface area is 191 Å². The van der Waals surface area contributed by atoms with Crippen LogP contribution in [0.2, 0.25) is 5.02 Å². The highest BCUT2D eigenvalue weighted by atomic mass is 35.5. The van der Waals surface area contributed by atoms with Crippen LogP contribution in [0.25, 0.3) is 0 Å². The molecule has 1 atom stereocenters. The number of hydrogen-bond donors (Lipinski definition) is 2. The van der Waals surface area contributed by atoms with Gasteiger partial charge in [0.15, 0.2) is 6.10 Å². The summed E-state index contributed by atoms with van der Waals surface area (Å²) in [5, 5.41) is 5.95. The smallest absolute Gasteiger partial charge is 0.265 e. The fourth-order valence-corrected chi connectivity index (χ4v) is 3.13. The Hall–Kier alpha value is -3.71. The molecule has 0 unspecified atom stereocenters. The third kappa shape index (κ3) is 5.70. The molecule has 2 amide bonds. The number of nitrogens with one attached hydrogen (secondary N) is 2. The van der Waals surface area contributed by atoms with Gasteiger partial charge >= 0.3 is 0 Å². The lowest BCUT2D eigenvalue weighted by molar-refractivity contribution is -0.122. The van der Waals surface area contributed by atoms with E-state index in [-0.39, 0.29) is 11.8 Å². The molecule has 0 spiro atoms. The van der Waals surface area contributed by atoms with Crippen LogP contribution in [0.15, 0.2) is 66.7 Å². The number of anilines is 2. The summed E-state index contributed by atoms with van der Waals surface area (Å²) >= 11 is 6.09. The molecule has 2 N–H and O–H groups in total. The van der Waals surface area contributed by atoms with Crippen LogP contribution >= 0.6 is 11.6 Å². The molecule has 0 saturated heterocycles. The van der Waals surface area contributed by atoms with Crippen LogP contribution in [-0.4, -0.2) is 32.1 Å². The lowest BCUT2D eigenvalue weighted by Gasteiger charge is -2.16. The maximum Gasteiger partial charge on any atom is 0.265 e. The Morgan fingerprint density at radius 1 is 0.875 bits per heavy atom. The standard InChI is InChI=1S/C24H23ClN2O5/c1-15(23(28)27-20-6-4-5-7-22(20)31-3)32-18-11-8-16(9-12-18)24(29)26-17-10-13-21(30-2)19(25)14-17/h4-15H,1-3H3,(H,26,29)(H,27,28)/t15-/m0/s1. The summed E-state index contributed by atoms with van der Waals surface area (Å²) in [5.74, 6) is 0.903. The lowest BCUT2D eigenvalue weighted by Crippen LogP contribution is -2.30. The molecular weight excluding hydrogens is 432 g/mol. The molecule has 166 valence electrons. The fraction of sp³-hybridized carbons (Fsp3) is 0.167. The Balaban J connectivity index is 1.59. The fourth-order valence-electron chi connectivity index (χ4n) is 2.87. The van der Waals surface area contributed by atoms with Crippen LogP contribution in [-0.2, 0) is 4.79 Å². The van der Waals surface area contributed by atoms with Crippen molar-refractivity contribution in [2.75, 3.05) is 24.9 Å². The van der Waals surface area contributed by atoms with Gasteiger partial charge in [-0.1, -0.05) is 23.7 Å². The van der Waals surface area contributed by atoms with Crippen LogP contribution in [0.5, 0.6) is 17.2 Å². The van der Waals surface area contributed by atoms with Crippen LogP contribution in [0.1, 0.15) is 17.3 Å². The number of ether oxygens (including phenoxy) is 3. The number of carbonyl (C=O) groups excluding carboxylic acids is 2. The van der Waals surface area contributed by atoms with Gasteiger partial charge in [0.25, 0.3) is 11.8 Å². The number of amides is 2. The van der Waals surface area contributed by atoms with Gasteiger partial charge < -0.3 is 24.8 Å². The molecule has 3 aromatic carbocycles. The van der Waals surface area contributed by atoms with Gasteiger partial charge in [0, 0.05) is 11.3 Å². The third-order valence-electron chi connectivity index (χ3n) is 4.57. The Kier molecular flexibility index (Phi) is 7.57. The van der Waals surface area contributed by atoms with Gasteiger partial charge in [0.2, 0.25) is 0 Å². The molecule has 3 rings (SSSR count). The number of rotatable bonds is 8. The topological polar surface area (TPSA) is 85.9 Å². The average molecular weight is 455 g/mol. The maximum atomic E-state index is 12.5. The van der Waals surface area contributed by atoms with Crippen molar-refractivity contribution in [2.45, 2.75) is 13.0 Å². The molecular formula is C24H23ClN2O5. The number of benzene rings is 3. The highest BCUT2D eigenvalue weighted by Gasteiger charge is 2.17. The number of carbonyl (C=O) groups is 2. The van der Waals surface area contributed by atoms with Crippen molar-refractivity contribution in [2.24, 2.45) is 0 Å². The molecule has 0 aliphatic heterocycles. The van der Waals surface area contributed by atoms with Gasteiger partial charge in [-0.3, -0.25) is 9.59 Å². The second kappa shape index (κ2) is 10.5. The van der Waals surface area contributed by atoms with Crippen molar-refractivity contribution in [3.63, 3.8) is 0 Å². The summed E-state index contributed by atoms with van der Waals surface area (Å²) < 4.78 is 16.0. The molecule has 8 heteroatoms. The van der Waals surface area contributed by atoms with E-state index in [1.807, 2.05) is 6.07 Å². The number of para-hydroxylation sites is 2. The first-order valence-electron chi connectivity index (χ1n) is 9.76. The summed E-state index contributed by atoms with van der Waals surface area (Å²) in [7, 11) is 3.05. The first-order valence-corrected chi connectivity index (χ1v) is 10.1. The number of methoxy groups -OCH3 is 2. The van der Waals surface area contributed by atoms with E-state index < -0.39 is 6.10 Å². The van der Waals surface area contributed by atoms with E-state index in [0.29, 0.717) is 39.2 Å². The summed E-state index contributed by atoms with van der Waals surface area (Å²) in [5.41, 5.74) is 1.53. The van der Waals surface area contributed by atoms with Gasteiger partial charge in [-0.25, -0.2) is 0 Å². The molecule has 3 aromatic rings. The van der Waals surface area contributed by atoms with E-state index in [1.165, 1.54) is 14.2 Å². The SMILES string of the molecule is COc1ccc(NC(=O)c2ccc(O[C@@H](C)C(=O)Nc3ccccc3OC)cc2)cc1Cl. The Bertz CT molecular complexity index is 1100. The second-order valence-electron chi connectivity index (χ2n) is 6.78. The lowest BCUT2D eigenvalue weighted by atomic mass is 10.2. The molecule has 0 fully saturated rings. The van der Waals surface area contributed by atoms with Crippen molar-refractivity contribution in [1.82, 2.24) is 0 Å². The van der Waals surface area contributed by atoms with E-state index in [0.717, 1.165) is 0 Å². The summed E-state index contributed by atoms with van der Waals surface area (Å²) in [6, 6.07) is 18.6. The van der Waals surface area contributed by atoms with E-state index in [9.17, 15) is 9.59 Å². The molecule has 0 radical (unpaired) electrons. The highest BCUT2D eigenvalue weighted by molar-refractivity contribution is 6.32. The van der Waals surface area contributed by atoms with Gasteiger partial charge in [0.1, 0.15) is 17.2 Å². The second-order valence-corrected chi connectivity index (χ2v) is 7.18. The minimum Gasteiger partial charge on any atom is -0.495 e. The summed E-state index contributed by atoms with van der Waals surface area (Å²) in [4.78, 5) is 24.9. The molecule has 0 aromatic heterocycles. The number of hydrogen-bond acceptors (Lipinski definition) is 5.